The molecule has 2 aromatic rings. The molecule has 2 aromatic carbocycles. The number of hydrogen-bond acceptors (Lipinski definition) is 4. The minimum absolute atomic E-state index is 0.150. The maximum absolute atomic E-state index is 11.1. The van der Waals surface area contributed by atoms with Crippen molar-refractivity contribution in [3.63, 3.8) is 0 Å². The average molecular weight is 307 g/mol. The van der Waals surface area contributed by atoms with Gasteiger partial charge < -0.3 is 10.4 Å². The van der Waals surface area contributed by atoms with E-state index in [4.69, 9.17) is 16.7 Å². The summed E-state index contributed by atoms with van der Waals surface area (Å²) in [6, 6.07) is 8.90. The Labute approximate surface area is 125 Å². The Bertz CT molecular complexity index is 711. The van der Waals surface area contributed by atoms with Crippen molar-refractivity contribution in [2.24, 2.45) is 0 Å². The molecule has 0 radical (unpaired) electrons. The molecule has 108 valence electrons. The molecule has 0 spiro atoms. The van der Waals surface area contributed by atoms with Gasteiger partial charge in [-0.15, -0.1) is 0 Å². The molecule has 6 nitrogen and oxygen atoms in total. The number of nitrogens with zero attached hydrogens (tertiary/aromatic N) is 1. The lowest BCUT2D eigenvalue weighted by atomic mass is 10.1. The molecule has 0 bridgehead atoms. The SMILES string of the molecule is Cc1cccc(Cl)c1Nc1ccc(C(=O)O)cc1[N+](=O)[O-]. The number of carboxylic acid groups (broad SMARTS) is 1. The van der Waals surface area contributed by atoms with Crippen LogP contribution < -0.4 is 5.32 Å². The molecule has 0 aliphatic rings. The number of hydrogen-bond donors (Lipinski definition) is 2. The molecule has 0 aliphatic carbocycles. The van der Waals surface area contributed by atoms with Gasteiger partial charge in [-0.05, 0) is 30.7 Å². The highest BCUT2D eigenvalue weighted by Crippen LogP contribution is 2.33. The van der Waals surface area contributed by atoms with Gasteiger partial charge in [0.05, 0.1) is 21.2 Å². The van der Waals surface area contributed by atoms with Crippen molar-refractivity contribution in [3.8, 4) is 0 Å². The Morgan fingerprint density at radius 3 is 2.62 bits per heavy atom. The Balaban J connectivity index is 2.49. The number of benzene rings is 2. The van der Waals surface area contributed by atoms with E-state index in [-0.39, 0.29) is 16.9 Å². The van der Waals surface area contributed by atoms with Crippen molar-refractivity contribution >= 4 is 34.6 Å². The highest BCUT2D eigenvalue weighted by atomic mass is 35.5. The standard InChI is InChI=1S/C14H11ClN2O4/c1-8-3-2-4-10(15)13(8)16-11-6-5-9(14(18)19)7-12(11)17(20)21/h2-7,16H,1H3,(H,18,19). The summed E-state index contributed by atoms with van der Waals surface area (Å²) in [7, 11) is 0. The van der Waals surface area contributed by atoms with E-state index in [1.807, 2.05) is 13.0 Å². The molecule has 0 saturated heterocycles. The number of para-hydroxylation sites is 1. The van der Waals surface area contributed by atoms with Gasteiger partial charge in [0, 0.05) is 6.07 Å². The Morgan fingerprint density at radius 2 is 2.05 bits per heavy atom. The van der Waals surface area contributed by atoms with Crippen LogP contribution in [0.1, 0.15) is 15.9 Å². The fourth-order valence-electron chi connectivity index (χ4n) is 1.85. The molecule has 0 aliphatic heterocycles. The average Bonchev–Trinajstić information content (AvgIpc) is 2.42. The fraction of sp³-hybridized carbons (Fsp3) is 0.0714. The summed E-state index contributed by atoms with van der Waals surface area (Å²) in [4.78, 5) is 21.3. The summed E-state index contributed by atoms with van der Waals surface area (Å²) in [5, 5.41) is 23.3. The molecule has 0 saturated carbocycles. The molecule has 0 unspecified atom stereocenters. The first-order valence-corrected chi connectivity index (χ1v) is 6.32. The summed E-state index contributed by atoms with van der Waals surface area (Å²) in [6.07, 6.45) is 0. The zero-order valence-electron chi connectivity index (χ0n) is 11.0. The first kappa shape index (κ1) is 14.8. The number of nitro benzene ring substituents is 1. The minimum Gasteiger partial charge on any atom is -0.478 e. The van der Waals surface area contributed by atoms with Gasteiger partial charge in [0.2, 0.25) is 0 Å². The largest absolute Gasteiger partial charge is 0.478 e. The number of anilines is 2. The van der Waals surface area contributed by atoms with E-state index in [0.29, 0.717) is 10.7 Å². The molecule has 7 heteroatoms. The summed E-state index contributed by atoms with van der Waals surface area (Å²) in [5.74, 6) is -1.22. The van der Waals surface area contributed by atoms with Crippen LogP contribution in [0.25, 0.3) is 0 Å². The molecule has 0 aromatic heterocycles. The van der Waals surface area contributed by atoms with Crippen molar-refractivity contribution in [1.82, 2.24) is 0 Å². The van der Waals surface area contributed by atoms with Crippen LogP contribution in [0.4, 0.5) is 17.1 Å². The summed E-state index contributed by atoms with van der Waals surface area (Å²) in [6.45, 7) is 1.81. The Morgan fingerprint density at radius 1 is 1.33 bits per heavy atom. The number of carboxylic acids is 1. The zero-order chi connectivity index (χ0) is 15.6. The quantitative estimate of drug-likeness (QED) is 0.658. The number of halogens is 1. The third-order valence-electron chi connectivity index (χ3n) is 2.92. The van der Waals surface area contributed by atoms with Crippen molar-refractivity contribution in [3.05, 3.63) is 62.7 Å². The molecule has 2 N–H and O–H groups in total. The molecular weight excluding hydrogens is 296 g/mol. The number of aromatic carboxylic acids is 1. The molecule has 0 amide bonds. The monoisotopic (exact) mass is 306 g/mol. The molecule has 0 atom stereocenters. The van der Waals surface area contributed by atoms with Gasteiger partial charge in [-0.2, -0.15) is 0 Å². The minimum atomic E-state index is -1.22. The Hall–Kier alpha value is -2.60. The van der Waals surface area contributed by atoms with Crippen LogP contribution in [0.2, 0.25) is 5.02 Å². The van der Waals surface area contributed by atoms with Crippen molar-refractivity contribution in [2.75, 3.05) is 5.32 Å². The van der Waals surface area contributed by atoms with E-state index >= 15 is 0 Å². The lowest BCUT2D eigenvalue weighted by molar-refractivity contribution is -0.383. The zero-order valence-corrected chi connectivity index (χ0v) is 11.7. The molecular formula is C14H11ClN2O4. The molecule has 0 heterocycles. The molecule has 0 fully saturated rings. The topological polar surface area (TPSA) is 92.5 Å². The van der Waals surface area contributed by atoms with Crippen molar-refractivity contribution < 1.29 is 14.8 Å². The predicted octanol–water partition coefficient (Wildman–Crippen LogP) is 4.00. The van der Waals surface area contributed by atoms with Crippen LogP contribution in [0.5, 0.6) is 0 Å². The second kappa shape index (κ2) is 5.80. The van der Waals surface area contributed by atoms with E-state index in [0.717, 1.165) is 11.6 Å². The Kier molecular flexibility index (Phi) is 4.09. The number of carbonyl (C=O) groups is 1. The van der Waals surface area contributed by atoms with Gasteiger partial charge in [-0.3, -0.25) is 10.1 Å². The van der Waals surface area contributed by atoms with E-state index in [2.05, 4.69) is 5.32 Å². The van der Waals surface area contributed by atoms with Crippen LogP contribution >= 0.6 is 11.6 Å². The van der Waals surface area contributed by atoms with Crippen molar-refractivity contribution in [2.45, 2.75) is 6.92 Å². The normalized spacial score (nSPS) is 10.2. The summed E-state index contributed by atoms with van der Waals surface area (Å²) >= 11 is 6.07. The van der Waals surface area contributed by atoms with Gasteiger partial charge in [-0.25, -0.2) is 4.79 Å². The van der Waals surface area contributed by atoms with Crippen LogP contribution in [-0.4, -0.2) is 16.0 Å². The van der Waals surface area contributed by atoms with Crippen LogP contribution in [0, 0.1) is 17.0 Å². The number of rotatable bonds is 4. The maximum atomic E-state index is 11.1. The smallest absolute Gasteiger partial charge is 0.335 e. The van der Waals surface area contributed by atoms with Crippen molar-refractivity contribution in [1.29, 1.82) is 0 Å². The lowest BCUT2D eigenvalue weighted by Crippen LogP contribution is -2.02. The van der Waals surface area contributed by atoms with E-state index < -0.39 is 10.9 Å². The maximum Gasteiger partial charge on any atom is 0.335 e. The first-order valence-electron chi connectivity index (χ1n) is 5.94. The van der Waals surface area contributed by atoms with Crippen LogP contribution in [0.3, 0.4) is 0 Å². The molecule has 21 heavy (non-hydrogen) atoms. The van der Waals surface area contributed by atoms with E-state index in [9.17, 15) is 14.9 Å². The van der Waals surface area contributed by atoms with Gasteiger partial charge in [0.1, 0.15) is 5.69 Å². The van der Waals surface area contributed by atoms with E-state index in [1.54, 1.807) is 12.1 Å². The highest BCUT2D eigenvalue weighted by Gasteiger charge is 2.18. The van der Waals surface area contributed by atoms with Gasteiger partial charge >= 0.3 is 5.97 Å². The number of nitrogens with one attached hydrogen (secondary N) is 1. The third-order valence-corrected chi connectivity index (χ3v) is 3.24. The third kappa shape index (κ3) is 3.11. The first-order chi connectivity index (χ1) is 9.90. The second-order valence-corrected chi connectivity index (χ2v) is 4.76. The second-order valence-electron chi connectivity index (χ2n) is 4.35. The van der Waals surface area contributed by atoms with E-state index in [1.165, 1.54) is 12.1 Å². The lowest BCUT2D eigenvalue weighted by Gasteiger charge is -2.12. The van der Waals surface area contributed by atoms with Crippen LogP contribution in [0.15, 0.2) is 36.4 Å². The summed E-state index contributed by atoms with van der Waals surface area (Å²) in [5.41, 5.74) is 1.07. The number of nitro groups is 1. The molecule has 2 rings (SSSR count). The highest BCUT2D eigenvalue weighted by molar-refractivity contribution is 6.33. The fourth-order valence-corrected chi connectivity index (χ4v) is 2.12. The van der Waals surface area contributed by atoms with Gasteiger partial charge in [0.25, 0.3) is 5.69 Å². The predicted molar refractivity (Wildman–Crippen MR) is 79.5 cm³/mol. The summed E-state index contributed by atoms with van der Waals surface area (Å²) < 4.78 is 0. The van der Waals surface area contributed by atoms with Gasteiger partial charge in [-0.1, -0.05) is 23.7 Å². The number of aryl methyl sites for hydroxylation is 1. The van der Waals surface area contributed by atoms with Gasteiger partial charge in [0.15, 0.2) is 0 Å². The van der Waals surface area contributed by atoms with Crippen LogP contribution in [-0.2, 0) is 0 Å².